The molecule has 0 saturated heterocycles. The van der Waals surface area contributed by atoms with Crippen LogP contribution in [-0.2, 0) is 23.4 Å². The van der Waals surface area contributed by atoms with Crippen molar-refractivity contribution >= 4 is 9.84 Å². The van der Waals surface area contributed by atoms with E-state index in [-0.39, 0.29) is 12.3 Å². The highest BCUT2D eigenvalue weighted by Gasteiger charge is 2.09. The molecule has 0 atom stereocenters. The molecule has 0 fully saturated rings. The van der Waals surface area contributed by atoms with E-state index in [4.69, 9.17) is 0 Å². The van der Waals surface area contributed by atoms with Gasteiger partial charge in [-0.2, -0.15) is 0 Å². The smallest absolute Gasteiger partial charge is 0.303 e. The van der Waals surface area contributed by atoms with Crippen LogP contribution >= 0.6 is 0 Å². The van der Waals surface area contributed by atoms with Crippen LogP contribution in [0.5, 0.6) is 0 Å². The van der Waals surface area contributed by atoms with E-state index in [2.05, 4.69) is 0 Å². The molecule has 1 heterocycles. The first-order chi connectivity index (χ1) is 7.22. The molecule has 0 aromatic carbocycles. The zero-order valence-corrected chi connectivity index (χ0v) is 10.2. The van der Waals surface area contributed by atoms with Gasteiger partial charge in [0, 0.05) is 31.6 Å². The van der Waals surface area contributed by atoms with Crippen molar-refractivity contribution in [1.29, 1.82) is 0 Å². The van der Waals surface area contributed by atoms with Crippen molar-refractivity contribution in [2.45, 2.75) is 13.5 Å². The van der Waals surface area contributed by atoms with E-state index >= 15 is 0 Å². The fraction of sp³-hybridized carbons (Fsp3) is 0.556. The minimum absolute atomic E-state index is 0.105. The van der Waals surface area contributed by atoms with Crippen LogP contribution in [0.4, 0.5) is 0 Å². The Morgan fingerprint density at radius 1 is 1.31 bits per heavy atom. The zero-order valence-electron chi connectivity index (χ0n) is 9.43. The SMILES string of the molecule is Cc1cn(C)c(=O)n(CCS(C)(=O)=O)c1=O. The molecule has 0 aliphatic rings. The minimum atomic E-state index is -3.19. The molecule has 0 unspecified atom stereocenters. The average Bonchev–Trinajstić information content (AvgIpc) is 2.13. The first-order valence-electron chi connectivity index (χ1n) is 4.67. The Bertz CT molecular complexity index is 575. The molecule has 16 heavy (non-hydrogen) atoms. The molecule has 6 nitrogen and oxygen atoms in total. The summed E-state index contributed by atoms with van der Waals surface area (Å²) in [6.45, 7) is 1.48. The second-order valence-electron chi connectivity index (χ2n) is 3.79. The van der Waals surface area contributed by atoms with Crippen molar-refractivity contribution in [1.82, 2.24) is 9.13 Å². The monoisotopic (exact) mass is 246 g/mol. The zero-order chi connectivity index (χ0) is 12.5. The molecule has 0 radical (unpaired) electrons. The van der Waals surface area contributed by atoms with Crippen LogP contribution in [0.1, 0.15) is 5.56 Å². The number of sulfone groups is 1. The van der Waals surface area contributed by atoms with Crippen molar-refractivity contribution in [3.63, 3.8) is 0 Å². The fourth-order valence-corrected chi connectivity index (χ4v) is 1.86. The Morgan fingerprint density at radius 3 is 2.38 bits per heavy atom. The van der Waals surface area contributed by atoms with Gasteiger partial charge in [0.1, 0.15) is 9.84 Å². The van der Waals surface area contributed by atoms with Crippen molar-refractivity contribution in [2.24, 2.45) is 7.05 Å². The second-order valence-corrected chi connectivity index (χ2v) is 6.05. The van der Waals surface area contributed by atoms with Crippen LogP contribution in [-0.4, -0.2) is 29.6 Å². The predicted molar refractivity (Wildman–Crippen MR) is 60.4 cm³/mol. The van der Waals surface area contributed by atoms with Gasteiger partial charge >= 0.3 is 5.69 Å². The first kappa shape index (κ1) is 12.7. The number of hydrogen-bond acceptors (Lipinski definition) is 4. The van der Waals surface area contributed by atoms with Gasteiger partial charge in [-0.05, 0) is 6.92 Å². The van der Waals surface area contributed by atoms with Crippen LogP contribution < -0.4 is 11.2 Å². The van der Waals surface area contributed by atoms with Crippen molar-refractivity contribution in [3.8, 4) is 0 Å². The molecule has 0 aliphatic heterocycles. The standard InChI is InChI=1S/C9H14N2O4S/c1-7-6-10(2)9(13)11(8(7)12)4-5-16(3,14)15/h6H,4-5H2,1-3H3. The number of aromatic nitrogens is 2. The third-order valence-corrected chi connectivity index (χ3v) is 3.11. The highest BCUT2D eigenvalue weighted by atomic mass is 32.2. The molecule has 0 aliphatic carbocycles. The number of nitrogens with zero attached hydrogens (tertiary/aromatic N) is 2. The molecule has 0 N–H and O–H groups in total. The molecule has 7 heteroatoms. The van der Waals surface area contributed by atoms with E-state index in [1.54, 1.807) is 6.92 Å². The molecule has 0 spiro atoms. The fourth-order valence-electron chi connectivity index (χ4n) is 1.35. The minimum Gasteiger partial charge on any atom is -0.303 e. The molecule has 0 bridgehead atoms. The lowest BCUT2D eigenvalue weighted by Gasteiger charge is -2.07. The normalized spacial score (nSPS) is 11.7. The Kier molecular flexibility index (Phi) is 3.37. The maximum Gasteiger partial charge on any atom is 0.330 e. The van der Waals surface area contributed by atoms with Crippen molar-refractivity contribution in [3.05, 3.63) is 32.6 Å². The predicted octanol–water partition coefficient (Wildman–Crippen LogP) is -1.10. The molecule has 0 amide bonds. The largest absolute Gasteiger partial charge is 0.330 e. The van der Waals surface area contributed by atoms with E-state index in [1.165, 1.54) is 17.8 Å². The van der Waals surface area contributed by atoms with Crippen LogP contribution in [0, 0.1) is 6.92 Å². The maximum atomic E-state index is 11.6. The van der Waals surface area contributed by atoms with Gasteiger partial charge in [0.25, 0.3) is 5.56 Å². The van der Waals surface area contributed by atoms with Gasteiger partial charge in [0.15, 0.2) is 0 Å². The Morgan fingerprint density at radius 2 is 1.88 bits per heavy atom. The Hall–Kier alpha value is -1.37. The van der Waals surface area contributed by atoms with Crippen LogP contribution in [0.15, 0.2) is 15.8 Å². The molecule has 1 aromatic rings. The maximum absolute atomic E-state index is 11.6. The van der Waals surface area contributed by atoms with Gasteiger partial charge in [-0.15, -0.1) is 0 Å². The van der Waals surface area contributed by atoms with Gasteiger partial charge in [-0.25, -0.2) is 13.2 Å². The lowest BCUT2D eigenvalue weighted by atomic mass is 10.4. The van der Waals surface area contributed by atoms with Crippen LogP contribution in [0.3, 0.4) is 0 Å². The van der Waals surface area contributed by atoms with E-state index in [0.29, 0.717) is 5.56 Å². The van der Waals surface area contributed by atoms with Crippen LogP contribution in [0.2, 0.25) is 0 Å². The molecule has 1 rings (SSSR count). The van der Waals surface area contributed by atoms with Gasteiger partial charge in [0.2, 0.25) is 0 Å². The van der Waals surface area contributed by atoms with Gasteiger partial charge in [-0.3, -0.25) is 9.36 Å². The van der Waals surface area contributed by atoms with E-state index < -0.39 is 21.1 Å². The topological polar surface area (TPSA) is 78.1 Å². The van der Waals surface area contributed by atoms with Crippen molar-refractivity contribution < 1.29 is 8.42 Å². The van der Waals surface area contributed by atoms with E-state index in [0.717, 1.165) is 10.8 Å². The summed E-state index contributed by atoms with van der Waals surface area (Å²) in [6, 6.07) is 0. The number of hydrogen-bond donors (Lipinski definition) is 0. The third-order valence-electron chi connectivity index (χ3n) is 2.19. The number of aryl methyl sites for hydroxylation is 2. The summed E-state index contributed by atoms with van der Waals surface area (Å²) in [5.41, 5.74) is -0.526. The first-order valence-corrected chi connectivity index (χ1v) is 6.73. The summed E-state index contributed by atoms with van der Waals surface area (Å²) in [4.78, 5) is 23.2. The Balaban J connectivity index is 3.24. The summed E-state index contributed by atoms with van der Waals surface area (Å²) in [6.07, 6.45) is 2.50. The molecule has 90 valence electrons. The lowest BCUT2D eigenvalue weighted by Crippen LogP contribution is -2.41. The molecule has 0 saturated carbocycles. The number of rotatable bonds is 3. The van der Waals surface area contributed by atoms with Gasteiger partial charge in [-0.1, -0.05) is 0 Å². The molecular weight excluding hydrogens is 232 g/mol. The summed E-state index contributed by atoms with van der Waals surface area (Å²) in [5.74, 6) is -0.217. The summed E-state index contributed by atoms with van der Waals surface area (Å²) >= 11 is 0. The molecular formula is C9H14N2O4S. The van der Waals surface area contributed by atoms with Crippen LogP contribution in [0.25, 0.3) is 0 Å². The van der Waals surface area contributed by atoms with E-state index in [9.17, 15) is 18.0 Å². The van der Waals surface area contributed by atoms with E-state index in [1.807, 2.05) is 0 Å². The summed E-state index contributed by atoms with van der Waals surface area (Å²) in [5, 5.41) is 0. The lowest BCUT2D eigenvalue weighted by molar-refractivity contribution is 0.578. The van der Waals surface area contributed by atoms with Gasteiger partial charge in [0.05, 0.1) is 5.75 Å². The average molecular weight is 246 g/mol. The van der Waals surface area contributed by atoms with Gasteiger partial charge < -0.3 is 4.57 Å². The summed E-state index contributed by atoms with van der Waals surface area (Å²) in [7, 11) is -1.67. The Labute approximate surface area is 93.1 Å². The second kappa shape index (κ2) is 4.25. The molecule has 1 aromatic heterocycles. The summed E-state index contributed by atoms with van der Waals surface area (Å²) < 4.78 is 24.1. The highest BCUT2D eigenvalue weighted by Crippen LogP contribution is 1.87. The highest BCUT2D eigenvalue weighted by molar-refractivity contribution is 7.90. The quantitative estimate of drug-likeness (QED) is 0.678. The van der Waals surface area contributed by atoms with Crippen molar-refractivity contribution in [2.75, 3.05) is 12.0 Å². The third kappa shape index (κ3) is 2.82.